The van der Waals surface area contributed by atoms with Crippen molar-refractivity contribution in [2.24, 2.45) is 0 Å². The van der Waals surface area contributed by atoms with E-state index in [1.54, 1.807) is 0 Å². The Bertz CT molecular complexity index is 1180. The molecule has 4 aromatic rings. The molecule has 31 heavy (non-hydrogen) atoms. The number of H-pyrrole nitrogens is 1. The molecular formula is C26H30N2O2S. The van der Waals surface area contributed by atoms with E-state index in [2.05, 4.69) is 48.0 Å². The first-order valence-corrected chi connectivity index (χ1v) is 12.0. The number of hydrogen-bond donors (Lipinski definition) is 2. The normalized spacial score (nSPS) is 21.0. The summed E-state index contributed by atoms with van der Waals surface area (Å²) in [4.78, 5) is 7.11. The fourth-order valence-corrected chi connectivity index (χ4v) is 6.10. The number of piperidine rings is 1. The van der Waals surface area contributed by atoms with Crippen molar-refractivity contribution < 1.29 is 9.84 Å². The molecule has 1 aliphatic rings. The highest BCUT2D eigenvalue weighted by molar-refractivity contribution is 7.19. The average Bonchev–Trinajstić information content (AvgIpc) is 3.41. The van der Waals surface area contributed by atoms with Crippen molar-refractivity contribution in [2.75, 3.05) is 19.7 Å². The van der Waals surface area contributed by atoms with Gasteiger partial charge in [-0.25, -0.2) is 0 Å². The summed E-state index contributed by atoms with van der Waals surface area (Å²) in [6, 6.07) is 17.5. The third kappa shape index (κ3) is 4.36. The number of ether oxygens (including phenoxy) is 1. The van der Waals surface area contributed by atoms with Crippen molar-refractivity contribution in [1.82, 2.24) is 9.88 Å². The van der Waals surface area contributed by atoms with Gasteiger partial charge in [0.2, 0.25) is 0 Å². The second kappa shape index (κ2) is 8.65. The van der Waals surface area contributed by atoms with E-state index >= 15 is 0 Å². The van der Waals surface area contributed by atoms with Crippen molar-refractivity contribution in [3.05, 3.63) is 65.2 Å². The predicted molar refractivity (Wildman–Crippen MR) is 129 cm³/mol. The van der Waals surface area contributed by atoms with Crippen molar-refractivity contribution >= 4 is 32.3 Å². The summed E-state index contributed by atoms with van der Waals surface area (Å²) in [7, 11) is 0. The van der Waals surface area contributed by atoms with Gasteiger partial charge in [0, 0.05) is 39.3 Å². The summed E-state index contributed by atoms with van der Waals surface area (Å²) in [5.41, 5.74) is 2.46. The monoisotopic (exact) mass is 434 g/mol. The van der Waals surface area contributed by atoms with Crippen LogP contribution in [0.25, 0.3) is 21.0 Å². The lowest BCUT2D eigenvalue weighted by Crippen LogP contribution is -2.45. The van der Waals surface area contributed by atoms with Gasteiger partial charge in [-0.1, -0.05) is 12.1 Å². The van der Waals surface area contributed by atoms with E-state index in [1.807, 2.05) is 41.8 Å². The zero-order valence-electron chi connectivity index (χ0n) is 18.2. The Balaban J connectivity index is 1.16. The van der Waals surface area contributed by atoms with Crippen molar-refractivity contribution in [3.63, 3.8) is 0 Å². The molecule has 0 radical (unpaired) electrons. The molecule has 162 valence electrons. The quantitative estimate of drug-likeness (QED) is 0.409. The fourth-order valence-electron chi connectivity index (χ4n) is 4.81. The number of hydrogen-bond acceptors (Lipinski definition) is 4. The number of thiophene rings is 1. The maximum absolute atomic E-state index is 10.6. The number of aliphatic hydroxyl groups excluding tert-OH is 1. The van der Waals surface area contributed by atoms with Crippen LogP contribution < -0.4 is 4.74 Å². The molecule has 0 spiro atoms. The molecule has 3 heterocycles. The number of aromatic nitrogens is 1. The van der Waals surface area contributed by atoms with Gasteiger partial charge in [0.25, 0.3) is 0 Å². The topological polar surface area (TPSA) is 48.5 Å². The third-order valence-electron chi connectivity index (χ3n) is 6.63. The van der Waals surface area contributed by atoms with Crippen LogP contribution in [0.15, 0.2) is 54.7 Å². The fraction of sp³-hybridized carbons (Fsp3) is 0.385. The number of aliphatic hydroxyl groups is 1. The minimum atomic E-state index is -0.493. The van der Waals surface area contributed by atoms with Gasteiger partial charge < -0.3 is 14.8 Å². The van der Waals surface area contributed by atoms with Gasteiger partial charge in [0.05, 0.1) is 0 Å². The molecule has 1 saturated heterocycles. The van der Waals surface area contributed by atoms with Gasteiger partial charge in [0.15, 0.2) is 0 Å². The Labute approximate surface area is 187 Å². The van der Waals surface area contributed by atoms with Crippen LogP contribution in [-0.2, 0) is 0 Å². The molecule has 0 bridgehead atoms. The molecule has 5 rings (SSSR count). The molecule has 2 aromatic heterocycles. The minimum Gasteiger partial charge on any atom is -0.491 e. The largest absolute Gasteiger partial charge is 0.491 e. The Kier molecular flexibility index (Phi) is 5.74. The SMILES string of the molecule is Cc1cccc2sc([C@@H]3CCN(C[C@H](O)COc4ccc5[nH]ccc5c4)[C@@H](C)C3)cc12. The van der Waals surface area contributed by atoms with Crippen LogP contribution in [0, 0.1) is 6.92 Å². The highest BCUT2D eigenvalue weighted by Gasteiger charge is 2.28. The summed E-state index contributed by atoms with van der Waals surface area (Å²) in [5, 5.41) is 13.1. The van der Waals surface area contributed by atoms with Gasteiger partial charge in [-0.05, 0) is 86.5 Å². The van der Waals surface area contributed by atoms with Gasteiger partial charge in [-0.15, -0.1) is 11.3 Å². The number of fused-ring (bicyclic) bond motifs is 2. The van der Waals surface area contributed by atoms with Crippen LogP contribution in [0.2, 0.25) is 0 Å². The predicted octanol–water partition coefficient (Wildman–Crippen LogP) is 5.70. The lowest BCUT2D eigenvalue weighted by atomic mass is 9.90. The van der Waals surface area contributed by atoms with Gasteiger partial charge in [-0.3, -0.25) is 4.90 Å². The van der Waals surface area contributed by atoms with Crippen molar-refractivity contribution in [3.8, 4) is 5.75 Å². The second-order valence-corrected chi connectivity index (χ2v) is 10.0. The average molecular weight is 435 g/mol. The molecule has 1 aliphatic heterocycles. The van der Waals surface area contributed by atoms with Crippen molar-refractivity contribution in [2.45, 2.75) is 44.8 Å². The molecule has 2 N–H and O–H groups in total. The lowest BCUT2D eigenvalue weighted by Gasteiger charge is -2.38. The Morgan fingerprint density at radius 2 is 2.13 bits per heavy atom. The number of benzene rings is 2. The molecule has 1 fully saturated rings. The number of nitrogens with zero attached hydrogens (tertiary/aromatic N) is 1. The van der Waals surface area contributed by atoms with Crippen LogP contribution in [0.3, 0.4) is 0 Å². The summed E-state index contributed by atoms with van der Waals surface area (Å²) in [6.45, 7) is 6.48. The van der Waals surface area contributed by atoms with E-state index < -0.39 is 6.10 Å². The lowest BCUT2D eigenvalue weighted by molar-refractivity contribution is 0.0404. The number of β-amino-alcohol motifs (C(OH)–C–C–N with tert-alkyl or cyclic N) is 1. The number of likely N-dealkylation sites (tertiary alicyclic amines) is 1. The summed E-state index contributed by atoms with van der Waals surface area (Å²) < 4.78 is 7.27. The standard InChI is InChI=1S/C26H30N2O2S/c1-17-4-3-5-25-23(17)14-26(31-25)20-9-11-28(18(2)12-20)15-21(29)16-30-22-6-7-24-19(13-22)8-10-27-24/h3-8,10,13-14,18,20-21,27,29H,9,11-12,15-16H2,1-2H3/t18-,20+,21-/m0/s1. The van der Waals surface area contributed by atoms with Crippen LogP contribution in [0.5, 0.6) is 5.75 Å². The molecule has 0 saturated carbocycles. The molecule has 4 nitrogen and oxygen atoms in total. The van der Waals surface area contributed by atoms with Crippen LogP contribution >= 0.6 is 11.3 Å². The van der Waals surface area contributed by atoms with Crippen LogP contribution in [0.4, 0.5) is 0 Å². The Morgan fingerprint density at radius 1 is 1.23 bits per heavy atom. The minimum absolute atomic E-state index is 0.318. The van der Waals surface area contributed by atoms with E-state index in [-0.39, 0.29) is 0 Å². The molecule has 0 amide bonds. The molecule has 2 aromatic carbocycles. The highest BCUT2D eigenvalue weighted by atomic mass is 32.1. The van der Waals surface area contributed by atoms with E-state index in [0.717, 1.165) is 36.0 Å². The summed E-state index contributed by atoms with van der Waals surface area (Å²) >= 11 is 1.95. The van der Waals surface area contributed by atoms with Gasteiger partial charge in [-0.2, -0.15) is 0 Å². The molecule has 0 aliphatic carbocycles. The highest BCUT2D eigenvalue weighted by Crippen LogP contribution is 2.39. The second-order valence-electron chi connectivity index (χ2n) is 8.89. The molecule has 5 heteroatoms. The summed E-state index contributed by atoms with van der Waals surface area (Å²) in [5.74, 6) is 1.42. The van der Waals surface area contributed by atoms with Crippen LogP contribution in [0.1, 0.15) is 36.1 Å². The smallest absolute Gasteiger partial charge is 0.120 e. The number of rotatable bonds is 6. The maximum atomic E-state index is 10.6. The first-order valence-electron chi connectivity index (χ1n) is 11.2. The van der Waals surface area contributed by atoms with Gasteiger partial charge in [0.1, 0.15) is 18.5 Å². The Hall–Kier alpha value is -2.34. The van der Waals surface area contributed by atoms with E-state index in [9.17, 15) is 5.11 Å². The Morgan fingerprint density at radius 3 is 2.97 bits per heavy atom. The van der Waals surface area contributed by atoms with Crippen molar-refractivity contribution in [1.29, 1.82) is 0 Å². The first-order chi connectivity index (χ1) is 15.1. The van der Waals surface area contributed by atoms with E-state index in [0.29, 0.717) is 25.1 Å². The number of aromatic amines is 1. The molecular weight excluding hydrogens is 404 g/mol. The third-order valence-corrected chi connectivity index (χ3v) is 7.89. The first kappa shape index (κ1) is 20.6. The van der Waals surface area contributed by atoms with E-state index in [1.165, 1.54) is 20.5 Å². The van der Waals surface area contributed by atoms with Crippen LogP contribution in [-0.4, -0.2) is 46.8 Å². The zero-order valence-corrected chi connectivity index (χ0v) is 19.0. The van der Waals surface area contributed by atoms with Gasteiger partial charge >= 0.3 is 0 Å². The molecule has 0 unspecified atom stereocenters. The zero-order chi connectivity index (χ0) is 21.4. The number of aryl methyl sites for hydroxylation is 1. The number of nitrogens with one attached hydrogen (secondary N) is 1. The summed E-state index contributed by atoms with van der Waals surface area (Å²) in [6.07, 6.45) is 3.72. The maximum Gasteiger partial charge on any atom is 0.120 e. The van der Waals surface area contributed by atoms with E-state index in [4.69, 9.17) is 4.74 Å². The molecule has 3 atom stereocenters.